The molecule has 1 N–H and O–H groups in total. The molecule has 0 unspecified atom stereocenters. The van der Waals surface area contributed by atoms with Gasteiger partial charge in [-0.25, -0.2) is 0 Å². The second-order valence-corrected chi connectivity index (χ2v) is 6.21. The number of thioether (sulfide) groups is 1. The molecule has 2 fully saturated rings. The summed E-state index contributed by atoms with van der Waals surface area (Å²) in [4.78, 5) is 16.2. The number of carbonyl (C=O) groups excluding carboxylic acids is 1. The van der Waals surface area contributed by atoms with Crippen molar-refractivity contribution in [3.63, 3.8) is 0 Å². The number of aliphatic hydroxyl groups is 1. The second kappa shape index (κ2) is 6.78. The standard InChI is InChI=1S/C13H24N2O2S/c1-18-10-5-13(17)15-8-6-14(7-9-15)11-3-2-4-12(11)16/h11-12,16H,2-10H2,1H3/t11-,12+/m1/s1. The van der Waals surface area contributed by atoms with E-state index in [1.165, 1.54) is 0 Å². The molecule has 104 valence electrons. The predicted molar refractivity (Wildman–Crippen MR) is 74.8 cm³/mol. The molecule has 1 amide bonds. The molecule has 0 aromatic carbocycles. The minimum Gasteiger partial charge on any atom is -0.391 e. The topological polar surface area (TPSA) is 43.8 Å². The van der Waals surface area contributed by atoms with Crippen LogP contribution in [0.4, 0.5) is 0 Å². The zero-order valence-electron chi connectivity index (χ0n) is 11.2. The third-order valence-electron chi connectivity index (χ3n) is 4.10. The average molecular weight is 272 g/mol. The van der Waals surface area contributed by atoms with Gasteiger partial charge in [-0.3, -0.25) is 9.69 Å². The summed E-state index contributed by atoms with van der Waals surface area (Å²) in [5, 5.41) is 9.91. The van der Waals surface area contributed by atoms with Gasteiger partial charge in [0.25, 0.3) is 0 Å². The third kappa shape index (κ3) is 3.39. The summed E-state index contributed by atoms with van der Waals surface area (Å²) in [6, 6.07) is 0.341. The molecule has 5 heteroatoms. The Morgan fingerprint density at radius 1 is 1.28 bits per heavy atom. The minimum atomic E-state index is -0.149. The molecule has 0 bridgehead atoms. The maximum absolute atomic E-state index is 11.9. The Labute approximate surface area is 114 Å². The maximum atomic E-state index is 11.9. The van der Waals surface area contributed by atoms with Crippen molar-refractivity contribution in [2.75, 3.05) is 38.2 Å². The molecule has 2 rings (SSSR count). The van der Waals surface area contributed by atoms with Crippen LogP contribution in [0.5, 0.6) is 0 Å². The SMILES string of the molecule is CSCCC(=O)N1CCN([C@@H]2CCC[C@@H]2O)CC1. The highest BCUT2D eigenvalue weighted by Crippen LogP contribution is 2.25. The lowest BCUT2D eigenvalue weighted by Crippen LogP contribution is -2.53. The van der Waals surface area contributed by atoms with Crippen molar-refractivity contribution < 1.29 is 9.90 Å². The van der Waals surface area contributed by atoms with Crippen molar-refractivity contribution in [3.05, 3.63) is 0 Å². The number of piperazine rings is 1. The molecule has 18 heavy (non-hydrogen) atoms. The summed E-state index contributed by atoms with van der Waals surface area (Å²) in [6.07, 6.45) is 5.74. The molecular formula is C13H24N2O2S. The summed E-state index contributed by atoms with van der Waals surface area (Å²) in [5.74, 6) is 1.20. The van der Waals surface area contributed by atoms with Crippen LogP contribution in [0.2, 0.25) is 0 Å². The van der Waals surface area contributed by atoms with Gasteiger partial charge in [0.15, 0.2) is 0 Å². The Balaban J connectivity index is 1.75. The molecule has 2 aliphatic rings. The highest BCUT2D eigenvalue weighted by molar-refractivity contribution is 7.98. The van der Waals surface area contributed by atoms with Crippen LogP contribution in [-0.2, 0) is 4.79 Å². The first kappa shape index (κ1) is 14.2. The van der Waals surface area contributed by atoms with E-state index in [-0.39, 0.29) is 12.0 Å². The number of nitrogens with zero attached hydrogens (tertiary/aromatic N) is 2. The molecule has 1 aliphatic carbocycles. The largest absolute Gasteiger partial charge is 0.391 e. The van der Waals surface area contributed by atoms with Crippen molar-refractivity contribution in [2.24, 2.45) is 0 Å². The monoisotopic (exact) mass is 272 g/mol. The highest BCUT2D eigenvalue weighted by Gasteiger charge is 2.33. The van der Waals surface area contributed by atoms with E-state index < -0.39 is 0 Å². The molecule has 0 spiro atoms. The zero-order chi connectivity index (χ0) is 13.0. The maximum Gasteiger partial charge on any atom is 0.223 e. The van der Waals surface area contributed by atoms with Gasteiger partial charge in [-0.2, -0.15) is 11.8 Å². The van der Waals surface area contributed by atoms with Crippen LogP contribution < -0.4 is 0 Å². The number of aliphatic hydroxyl groups excluding tert-OH is 1. The summed E-state index contributed by atoms with van der Waals surface area (Å²) in [5.41, 5.74) is 0. The quantitative estimate of drug-likeness (QED) is 0.822. The van der Waals surface area contributed by atoms with Crippen molar-refractivity contribution in [1.82, 2.24) is 9.80 Å². The lowest BCUT2D eigenvalue weighted by atomic mass is 10.1. The molecule has 1 saturated carbocycles. The molecule has 0 radical (unpaired) electrons. The van der Waals surface area contributed by atoms with Gasteiger partial charge in [0.1, 0.15) is 0 Å². The van der Waals surface area contributed by atoms with Crippen LogP contribution in [-0.4, -0.2) is 71.1 Å². The summed E-state index contributed by atoms with van der Waals surface area (Å²) in [7, 11) is 0. The fraction of sp³-hybridized carbons (Fsp3) is 0.923. The van der Waals surface area contributed by atoms with Gasteiger partial charge in [-0.15, -0.1) is 0 Å². The van der Waals surface area contributed by atoms with E-state index in [0.29, 0.717) is 12.5 Å². The van der Waals surface area contributed by atoms with Crippen LogP contribution in [0, 0.1) is 0 Å². The number of rotatable bonds is 4. The van der Waals surface area contributed by atoms with E-state index in [0.717, 1.165) is 51.2 Å². The van der Waals surface area contributed by atoms with E-state index in [4.69, 9.17) is 0 Å². The Kier molecular flexibility index (Phi) is 5.33. The van der Waals surface area contributed by atoms with Gasteiger partial charge in [0.05, 0.1) is 6.10 Å². The number of hydrogen-bond acceptors (Lipinski definition) is 4. The van der Waals surface area contributed by atoms with Gasteiger partial charge < -0.3 is 10.0 Å². The van der Waals surface area contributed by atoms with Crippen molar-refractivity contribution >= 4 is 17.7 Å². The lowest BCUT2D eigenvalue weighted by Gasteiger charge is -2.39. The molecule has 0 aromatic heterocycles. The molecule has 1 aliphatic heterocycles. The predicted octanol–water partition coefficient (Wildman–Crippen LogP) is 0.797. The van der Waals surface area contributed by atoms with Crippen molar-refractivity contribution in [3.8, 4) is 0 Å². The summed E-state index contributed by atoms with van der Waals surface area (Å²) >= 11 is 1.72. The average Bonchev–Trinajstić information content (AvgIpc) is 2.82. The van der Waals surface area contributed by atoms with Crippen molar-refractivity contribution in [2.45, 2.75) is 37.8 Å². The van der Waals surface area contributed by atoms with Gasteiger partial charge >= 0.3 is 0 Å². The third-order valence-corrected chi connectivity index (χ3v) is 4.71. The Morgan fingerprint density at radius 2 is 2.00 bits per heavy atom. The number of amides is 1. The first-order valence-corrected chi connectivity index (χ1v) is 8.30. The Hall–Kier alpha value is -0.260. The lowest BCUT2D eigenvalue weighted by molar-refractivity contribution is -0.133. The van der Waals surface area contributed by atoms with Crippen molar-refractivity contribution in [1.29, 1.82) is 0 Å². The molecule has 0 aromatic rings. The Morgan fingerprint density at radius 3 is 2.56 bits per heavy atom. The van der Waals surface area contributed by atoms with Gasteiger partial charge in [-0.05, 0) is 25.5 Å². The second-order valence-electron chi connectivity index (χ2n) is 5.23. The van der Waals surface area contributed by atoms with Crippen LogP contribution in [0.3, 0.4) is 0 Å². The van der Waals surface area contributed by atoms with E-state index in [9.17, 15) is 9.90 Å². The van der Waals surface area contributed by atoms with E-state index in [1.54, 1.807) is 11.8 Å². The molecule has 1 heterocycles. The number of carbonyl (C=O) groups is 1. The molecule has 2 atom stereocenters. The van der Waals surface area contributed by atoms with E-state index in [1.807, 2.05) is 11.2 Å². The normalized spacial score (nSPS) is 29.8. The molecule has 1 saturated heterocycles. The van der Waals surface area contributed by atoms with E-state index in [2.05, 4.69) is 4.90 Å². The summed E-state index contributed by atoms with van der Waals surface area (Å²) in [6.45, 7) is 3.51. The molecule has 4 nitrogen and oxygen atoms in total. The highest BCUT2D eigenvalue weighted by atomic mass is 32.2. The fourth-order valence-electron chi connectivity index (χ4n) is 3.00. The van der Waals surface area contributed by atoms with Crippen LogP contribution >= 0.6 is 11.8 Å². The molecular weight excluding hydrogens is 248 g/mol. The zero-order valence-corrected chi connectivity index (χ0v) is 12.0. The van der Waals surface area contributed by atoms with Gasteiger partial charge in [0, 0.05) is 44.4 Å². The first-order valence-electron chi connectivity index (χ1n) is 6.91. The fourth-order valence-corrected chi connectivity index (χ4v) is 3.38. The smallest absolute Gasteiger partial charge is 0.223 e. The summed E-state index contributed by atoms with van der Waals surface area (Å²) < 4.78 is 0. The first-order chi connectivity index (χ1) is 8.72. The van der Waals surface area contributed by atoms with Crippen LogP contribution in [0.15, 0.2) is 0 Å². The number of hydrogen-bond donors (Lipinski definition) is 1. The van der Waals surface area contributed by atoms with Gasteiger partial charge in [0.2, 0.25) is 5.91 Å². The van der Waals surface area contributed by atoms with Crippen LogP contribution in [0.25, 0.3) is 0 Å². The minimum absolute atomic E-state index is 0.149. The van der Waals surface area contributed by atoms with Gasteiger partial charge in [-0.1, -0.05) is 0 Å². The van der Waals surface area contributed by atoms with E-state index >= 15 is 0 Å². The Bertz CT molecular complexity index is 280. The van der Waals surface area contributed by atoms with Crippen LogP contribution in [0.1, 0.15) is 25.7 Å².